The second-order valence-electron chi connectivity index (χ2n) is 4.28. The standard InChI is InChI=1S/C13H15N3O3S/c1-9-15-10(8-20-9)4-5-14-13(19)11-3-2-6-16(11)7-12(17)18/h2-3,6,8H,4-5,7H2,1H3,(H,14,19)(H,17,18). The normalized spacial score (nSPS) is 10.4. The van der Waals surface area contributed by atoms with Crippen LogP contribution in [-0.2, 0) is 17.8 Å². The quantitative estimate of drug-likeness (QED) is 0.841. The third-order valence-corrected chi connectivity index (χ3v) is 3.52. The SMILES string of the molecule is Cc1nc(CCNC(=O)c2cccn2CC(=O)O)cs1. The Morgan fingerprint density at radius 3 is 2.95 bits per heavy atom. The van der Waals surface area contributed by atoms with Gasteiger partial charge in [-0.1, -0.05) is 0 Å². The molecule has 0 spiro atoms. The number of amides is 1. The molecule has 0 aromatic carbocycles. The van der Waals surface area contributed by atoms with Crippen LogP contribution in [0.4, 0.5) is 0 Å². The largest absolute Gasteiger partial charge is 0.480 e. The predicted molar refractivity (Wildman–Crippen MR) is 75.0 cm³/mol. The summed E-state index contributed by atoms with van der Waals surface area (Å²) in [7, 11) is 0. The highest BCUT2D eigenvalue weighted by atomic mass is 32.1. The molecule has 2 N–H and O–H groups in total. The zero-order chi connectivity index (χ0) is 14.5. The van der Waals surface area contributed by atoms with Crippen LogP contribution in [0, 0.1) is 6.92 Å². The third-order valence-electron chi connectivity index (χ3n) is 2.70. The number of aromatic nitrogens is 2. The second kappa shape index (κ2) is 6.33. The van der Waals surface area contributed by atoms with Crippen molar-refractivity contribution >= 4 is 23.2 Å². The van der Waals surface area contributed by atoms with Gasteiger partial charge >= 0.3 is 5.97 Å². The maximum atomic E-state index is 12.0. The Morgan fingerprint density at radius 1 is 1.50 bits per heavy atom. The molecule has 1 amide bonds. The van der Waals surface area contributed by atoms with Crippen molar-refractivity contribution < 1.29 is 14.7 Å². The van der Waals surface area contributed by atoms with Crippen molar-refractivity contribution in [1.29, 1.82) is 0 Å². The van der Waals surface area contributed by atoms with E-state index >= 15 is 0 Å². The van der Waals surface area contributed by atoms with Crippen molar-refractivity contribution in [2.24, 2.45) is 0 Å². The number of carbonyl (C=O) groups excluding carboxylic acids is 1. The van der Waals surface area contributed by atoms with Crippen molar-refractivity contribution in [3.05, 3.63) is 40.1 Å². The fourth-order valence-electron chi connectivity index (χ4n) is 1.82. The summed E-state index contributed by atoms with van der Waals surface area (Å²) in [5.74, 6) is -1.25. The average molecular weight is 293 g/mol. The molecule has 0 unspecified atom stereocenters. The molecule has 0 saturated carbocycles. The number of thiazole rings is 1. The van der Waals surface area contributed by atoms with Gasteiger partial charge in [-0.3, -0.25) is 9.59 Å². The Hall–Kier alpha value is -2.15. The fraction of sp³-hybridized carbons (Fsp3) is 0.308. The number of carbonyl (C=O) groups is 2. The monoisotopic (exact) mass is 293 g/mol. The van der Waals surface area contributed by atoms with Gasteiger partial charge in [-0.2, -0.15) is 0 Å². The van der Waals surface area contributed by atoms with Crippen LogP contribution in [-0.4, -0.2) is 33.1 Å². The van der Waals surface area contributed by atoms with Crippen molar-refractivity contribution in [3.8, 4) is 0 Å². The first-order valence-electron chi connectivity index (χ1n) is 6.12. The van der Waals surface area contributed by atoms with Gasteiger partial charge in [-0.15, -0.1) is 11.3 Å². The van der Waals surface area contributed by atoms with Gasteiger partial charge in [-0.05, 0) is 19.1 Å². The molecule has 0 aliphatic rings. The minimum absolute atomic E-state index is 0.221. The number of hydrogen-bond donors (Lipinski definition) is 2. The number of nitrogens with one attached hydrogen (secondary N) is 1. The molecular weight excluding hydrogens is 278 g/mol. The molecule has 2 rings (SSSR count). The summed E-state index contributed by atoms with van der Waals surface area (Å²) in [6.07, 6.45) is 2.24. The lowest BCUT2D eigenvalue weighted by atomic mass is 10.3. The minimum atomic E-state index is -0.979. The van der Waals surface area contributed by atoms with Crippen molar-refractivity contribution in [2.45, 2.75) is 19.9 Å². The van der Waals surface area contributed by atoms with Crippen LogP contribution in [0.1, 0.15) is 21.2 Å². The molecule has 0 aliphatic carbocycles. The Morgan fingerprint density at radius 2 is 2.30 bits per heavy atom. The van der Waals surface area contributed by atoms with Gasteiger partial charge in [-0.25, -0.2) is 4.98 Å². The van der Waals surface area contributed by atoms with Crippen molar-refractivity contribution in [3.63, 3.8) is 0 Å². The van der Waals surface area contributed by atoms with Crippen LogP contribution in [0.5, 0.6) is 0 Å². The maximum absolute atomic E-state index is 12.0. The molecule has 106 valence electrons. The van der Waals surface area contributed by atoms with Crippen LogP contribution in [0.2, 0.25) is 0 Å². The van der Waals surface area contributed by atoms with Crippen LogP contribution in [0.15, 0.2) is 23.7 Å². The topological polar surface area (TPSA) is 84.2 Å². The number of hydrogen-bond acceptors (Lipinski definition) is 4. The van der Waals surface area contributed by atoms with E-state index in [1.807, 2.05) is 12.3 Å². The smallest absolute Gasteiger partial charge is 0.323 e. The van der Waals surface area contributed by atoms with E-state index in [1.165, 1.54) is 4.57 Å². The first-order chi connectivity index (χ1) is 9.56. The fourth-order valence-corrected chi connectivity index (χ4v) is 2.47. The molecule has 0 atom stereocenters. The number of aryl methyl sites for hydroxylation is 1. The summed E-state index contributed by atoms with van der Waals surface area (Å²) < 4.78 is 1.41. The maximum Gasteiger partial charge on any atom is 0.323 e. The summed E-state index contributed by atoms with van der Waals surface area (Å²) in [5, 5.41) is 14.5. The molecule has 0 aliphatic heterocycles. The Labute approximate surface area is 120 Å². The van der Waals surface area contributed by atoms with Gasteiger partial charge in [0.15, 0.2) is 0 Å². The zero-order valence-electron chi connectivity index (χ0n) is 11.0. The van der Waals surface area contributed by atoms with Crippen molar-refractivity contribution in [2.75, 3.05) is 6.54 Å². The molecule has 0 fully saturated rings. The van der Waals surface area contributed by atoms with Gasteiger partial charge < -0.3 is 15.0 Å². The second-order valence-corrected chi connectivity index (χ2v) is 5.34. The summed E-state index contributed by atoms with van der Waals surface area (Å²) in [5.41, 5.74) is 1.30. The van der Waals surface area contributed by atoms with E-state index < -0.39 is 5.97 Å². The van der Waals surface area contributed by atoms with Crippen molar-refractivity contribution in [1.82, 2.24) is 14.9 Å². The first kappa shape index (κ1) is 14.3. The summed E-state index contributed by atoms with van der Waals surface area (Å²) in [6.45, 7) is 2.19. The van der Waals surface area contributed by atoms with Gasteiger partial charge in [0.05, 0.1) is 10.7 Å². The van der Waals surface area contributed by atoms with E-state index in [2.05, 4.69) is 10.3 Å². The highest BCUT2D eigenvalue weighted by Gasteiger charge is 2.12. The lowest BCUT2D eigenvalue weighted by Crippen LogP contribution is -2.28. The number of carboxylic acids is 1. The molecule has 7 heteroatoms. The highest BCUT2D eigenvalue weighted by molar-refractivity contribution is 7.09. The average Bonchev–Trinajstić information content (AvgIpc) is 2.98. The van der Waals surface area contributed by atoms with E-state index in [-0.39, 0.29) is 12.5 Å². The molecule has 2 heterocycles. The van der Waals surface area contributed by atoms with Crippen LogP contribution < -0.4 is 5.32 Å². The number of nitrogens with zero attached hydrogens (tertiary/aromatic N) is 2. The molecular formula is C13H15N3O3S. The third kappa shape index (κ3) is 3.67. The van der Waals surface area contributed by atoms with Crippen LogP contribution in [0.3, 0.4) is 0 Å². The van der Waals surface area contributed by atoms with E-state index in [4.69, 9.17) is 5.11 Å². The van der Waals surface area contributed by atoms with Crippen LogP contribution >= 0.6 is 11.3 Å². The Kier molecular flexibility index (Phi) is 4.52. The molecule has 0 radical (unpaired) electrons. The number of rotatable bonds is 6. The zero-order valence-corrected chi connectivity index (χ0v) is 11.8. The first-order valence-corrected chi connectivity index (χ1v) is 7.00. The molecule has 2 aromatic heterocycles. The minimum Gasteiger partial charge on any atom is -0.480 e. The summed E-state index contributed by atoms with van der Waals surface area (Å²) in [6, 6.07) is 3.26. The number of aliphatic carboxylic acids is 1. The Bertz CT molecular complexity index is 618. The van der Waals surface area contributed by atoms with Gasteiger partial charge in [0, 0.05) is 24.5 Å². The molecule has 20 heavy (non-hydrogen) atoms. The van der Waals surface area contributed by atoms with Gasteiger partial charge in [0.25, 0.3) is 5.91 Å². The van der Waals surface area contributed by atoms with E-state index in [1.54, 1.807) is 29.7 Å². The lowest BCUT2D eigenvalue weighted by Gasteiger charge is -2.07. The highest BCUT2D eigenvalue weighted by Crippen LogP contribution is 2.08. The van der Waals surface area contributed by atoms with E-state index in [0.717, 1.165) is 10.7 Å². The summed E-state index contributed by atoms with van der Waals surface area (Å²) >= 11 is 1.58. The van der Waals surface area contributed by atoms with Gasteiger partial charge in [0.2, 0.25) is 0 Å². The molecule has 2 aromatic rings. The Balaban J connectivity index is 1.88. The predicted octanol–water partition coefficient (Wildman–Crippen LogP) is 1.31. The van der Waals surface area contributed by atoms with E-state index in [0.29, 0.717) is 18.7 Å². The lowest BCUT2D eigenvalue weighted by molar-refractivity contribution is -0.137. The van der Waals surface area contributed by atoms with Crippen LogP contribution in [0.25, 0.3) is 0 Å². The summed E-state index contributed by atoms with van der Waals surface area (Å²) in [4.78, 5) is 27.0. The van der Waals surface area contributed by atoms with Gasteiger partial charge in [0.1, 0.15) is 12.2 Å². The molecule has 6 nitrogen and oxygen atoms in total. The van der Waals surface area contributed by atoms with E-state index in [9.17, 15) is 9.59 Å². The molecule has 0 saturated heterocycles. The number of carboxylic acid groups (broad SMARTS) is 1. The molecule has 0 bridgehead atoms.